The zero-order valence-corrected chi connectivity index (χ0v) is 2.41. The van der Waals surface area contributed by atoms with E-state index in [0.29, 0.717) is 0 Å². The molecule has 0 aromatic carbocycles. The zero-order valence-electron chi connectivity index (χ0n) is 2.41. The molecule has 0 fully saturated rings. The fourth-order valence-corrected chi connectivity index (χ4v) is 0. The van der Waals surface area contributed by atoms with E-state index in [0.717, 1.165) is 0 Å². The molecule has 0 bridgehead atoms. The number of hydrogen-bond acceptors (Lipinski definition) is 1. The predicted octanol–water partition coefficient (Wildman–Crippen LogP) is 0.787. The van der Waals surface area contributed by atoms with E-state index in [2.05, 4.69) is 0 Å². The fraction of sp³-hybridized carbons (Fsp3) is 0.500. The summed E-state index contributed by atoms with van der Waals surface area (Å²) in [6.45, 7) is -1.39. The van der Waals surface area contributed by atoms with Gasteiger partial charge in [0.25, 0.3) is 6.36 Å². The van der Waals surface area contributed by atoms with Gasteiger partial charge in [0.1, 0.15) is 0 Å². The summed E-state index contributed by atoms with van der Waals surface area (Å²) in [6.07, 6.45) is -1.66. The van der Waals surface area contributed by atoms with Gasteiger partial charge >= 0.3 is 0 Å². The maximum absolute atomic E-state index is 10.5. The van der Waals surface area contributed by atoms with Crippen LogP contribution < -0.4 is 0 Å². The quantitative estimate of drug-likeness (QED) is 0.494. The summed E-state index contributed by atoms with van der Waals surface area (Å²) >= 11 is 0. The molecule has 31 valence electrons. The molecule has 0 aliphatic rings. The van der Waals surface area contributed by atoms with Gasteiger partial charge in [0.2, 0.25) is 0 Å². The van der Waals surface area contributed by atoms with Crippen LogP contribution in [0.15, 0.2) is 0 Å². The third-order valence-corrected chi connectivity index (χ3v) is 0.110. The van der Waals surface area contributed by atoms with E-state index in [1.54, 1.807) is 0 Å². The molecule has 0 aromatic rings. The highest BCUT2D eigenvalue weighted by atomic mass is 19.2. The minimum absolute atomic E-state index is 1.39. The lowest BCUT2D eigenvalue weighted by atomic mass is 10.8. The highest BCUT2D eigenvalue weighted by molar-refractivity contribution is 4.50. The monoisotopic (exact) mass is 81.0 g/mol. The summed E-state index contributed by atoms with van der Waals surface area (Å²) < 4.78 is 21.0. The molecule has 0 unspecified atom stereocenters. The first-order chi connectivity index (χ1) is 2.27. The average Bonchev–Trinajstić information content (AvgIpc) is 1.38. The molecule has 5 heavy (non-hydrogen) atoms. The van der Waals surface area contributed by atoms with Gasteiger partial charge in [-0.1, -0.05) is 0 Å². The van der Waals surface area contributed by atoms with E-state index in [9.17, 15) is 8.78 Å². The maximum Gasteiger partial charge on any atom is 0.297 e. The first-order valence-corrected chi connectivity index (χ1v) is 1.03. The van der Waals surface area contributed by atoms with Crippen molar-refractivity contribution in [1.82, 2.24) is 0 Å². The van der Waals surface area contributed by atoms with Gasteiger partial charge in [-0.15, -0.1) is 0 Å². The van der Waals surface area contributed by atoms with Crippen LogP contribution in [0.4, 0.5) is 8.78 Å². The van der Waals surface area contributed by atoms with E-state index in [-0.39, 0.29) is 0 Å². The SMILES string of the molecule is O[C](F)CF. The zero-order chi connectivity index (χ0) is 4.28. The fourth-order valence-electron chi connectivity index (χ4n) is 0. The molecule has 0 amide bonds. The van der Waals surface area contributed by atoms with Gasteiger partial charge in [-0.05, 0) is 0 Å². The smallest absolute Gasteiger partial charge is 0.297 e. The Bertz CT molecular complexity index is 21.6. The van der Waals surface area contributed by atoms with Gasteiger partial charge in [0.05, 0.1) is 0 Å². The van der Waals surface area contributed by atoms with Gasteiger partial charge < -0.3 is 5.11 Å². The third-order valence-electron chi connectivity index (χ3n) is 0.110. The van der Waals surface area contributed by atoms with Crippen LogP contribution in [-0.4, -0.2) is 11.8 Å². The van der Waals surface area contributed by atoms with Crippen molar-refractivity contribution in [2.45, 2.75) is 0 Å². The van der Waals surface area contributed by atoms with Crippen LogP contribution in [0.1, 0.15) is 0 Å². The van der Waals surface area contributed by atoms with Crippen LogP contribution in [0.5, 0.6) is 0 Å². The highest BCUT2D eigenvalue weighted by Crippen LogP contribution is 1.91. The molecule has 1 N–H and O–H groups in total. The van der Waals surface area contributed by atoms with Gasteiger partial charge in [-0.2, -0.15) is 0 Å². The standard InChI is InChI=1S/C2H3F2O/c3-1-2(4)5/h5H,1H2. The molecular formula is C2H3F2O. The van der Waals surface area contributed by atoms with Crippen LogP contribution in [-0.2, 0) is 0 Å². The molecule has 0 aromatic heterocycles. The summed E-state index contributed by atoms with van der Waals surface area (Å²) in [5.74, 6) is 0. The predicted molar refractivity (Wildman–Crippen MR) is 12.3 cm³/mol. The Morgan fingerprint density at radius 1 is 1.80 bits per heavy atom. The van der Waals surface area contributed by atoms with Crippen LogP contribution in [0.25, 0.3) is 0 Å². The number of aliphatic hydroxyl groups is 1. The Morgan fingerprint density at radius 2 is 2.00 bits per heavy atom. The number of hydrogen-bond donors (Lipinski definition) is 1. The molecule has 0 atom stereocenters. The van der Waals surface area contributed by atoms with E-state index >= 15 is 0 Å². The molecule has 0 aliphatic carbocycles. The number of alkyl halides is 1. The Hall–Kier alpha value is -0.180. The van der Waals surface area contributed by atoms with E-state index in [4.69, 9.17) is 5.11 Å². The second-order valence-electron chi connectivity index (χ2n) is 0.510. The number of aliphatic hydroxyl groups excluding tert-OH is 1. The van der Waals surface area contributed by atoms with Crippen molar-refractivity contribution in [3.63, 3.8) is 0 Å². The first kappa shape index (κ1) is 4.82. The van der Waals surface area contributed by atoms with Crippen molar-refractivity contribution in [2.24, 2.45) is 0 Å². The largest absolute Gasteiger partial charge is 0.355 e. The minimum atomic E-state index is -1.66. The van der Waals surface area contributed by atoms with Crippen LogP contribution in [0.2, 0.25) is 0 Å². The average molecular weight is 81.0 g/mol. The maximum atomic E-state index is 10.5. The number of halogens is 2. The molecular weight excluding hydrogens is 78.0 g/mol. The molecule has 0 aliphatic heterocycles. The van der Waals surface area contributed by atoms with Crippen molar-refractivity contribution in [3.05, 3.63) is 6.36 Å². The van der Waals surface area contributed by atoms with Crippen LogP contribution in [0.3, 0.4) is 0 Å². The summed E-state index contributed by atoms with van der Waals surface area (Å²) in [4.78, 5) is 0. The topological polar surface area (TPSA) is 20.2 Å². The van der Waals surface area contributed by atoms with E-state index < -0.39 is 13.0 Å². The van der Waals surface area contributed by atoms with Crippen LogP contribution >= 0.6 is 0 Å². The Labute approximate surface area is 28.2 Å². The summed E-state index contributed by atoms with van der Waals surface area (Å²) in [5.41, 5.74) is 0. The van der Waals surface area contributed by atoms with Gasteiger partial charge in [-0.25, -0.2) is 8.78 Å². The molecule has 0 spiro atoms. The Balaban J connectivity index is 2.54. The minimum Gasteiger partial charge on any atom is -0.355 e. The van der Waals surface area contributed by atoms with Gasteiger partial charge in [-0.3, -0.25) is 0 Å². The van der Waals surface area contributed by atoms with Crippen molar-refractivity contribution >= 4 is 0 Å². The molecule has 1 radical (unpaired) electrons. The molecule has 1 nitrogen and oxygen atoms in total. The van der Waals surface area contributed by atoms with Gasteiger partial charge in [0.15, 0.2) is 6.67 Å². The van der Waals surface area contributed by atoms with Crippen molar-refractivity contribution in [2.75, 3.05) is 6.67 Å². The third kappa shape index (κ3) is 3.82. The Morgan fingerprint density at radius 3 is 2.00 bits per heavy atom. The lowest BCUT2D eigenvalue weighted by Crippen LogP contribution is -1.84. The second kappa shape index (κ2) is 2.08. The first-order valence-electron chi connectivity index (χ1n) is 1.03. The van der Waals surface area contributed by atoms with E-state index in [1.165, 1.54) is 0 Å². The van der Waals surface area contributed by atoms with Gasteiger partial charge in [0, 0.05) is 0 Å². The summed E-state index contributed by atoms with van der Waals surface area (Å²) in [5, 5.41) is 7.24. The lowest BCUT2D eigenvalue weighted by Gasteiger charge is -1.79. The lowest BCUT2D eigenvalue weighted by molar-refractivity contribution is 0.136. The molecule has 3 heteroatoms. The Kier molecular flexibility index (Phi) is 2.01. The summed E-state index contributed by atoms with van der Waals surface area (Å²) in [6, 6.07) is 0. The van der Waals surface area contributed by atoms with Crippen molar-refractivity contribution in [3.8, 4) is 0 Å². The number of rotatable bonds is 1. The highest BCUT2D eigenvalue weighted by Gasteiger charge is 1.95. The molecule has 0 saturated heterocycles. The molecule has 0 saturated carbocycles. The molecule has 0 rings (SSSR count). The van der Waals surface area contributed by atoms with Crippen LogP contribution in [0, 0.1) is 6.36 Å². The van der Waals surface area contributed by atoms with Crippen molar-refractivity contribution < 1.29 is 13.9 Å². The second-order valence-corrected chi connectivity index (χ2v) is 0.510. The summed E-state index contributed by atoms with van der Waals surface area (Å²) in [7, 11) is 0. The van der Waals surface area contributed by atoms with Crippen molar-refractivity contribution in [1.29, 1.82) is 0 Å². The molecule has 0 heterocycles. The van der Waals surface area contributed by atoms with E-state index in [1.807, 2.05) is 0 Å². The normalized spacial score (nSPS) is 9.60.